The zero-order valence-corrected chi connectivity index (χ0v) is 19.5. The maximum atomic E-state index is 12.8. The molecule has 0 saturated heterocycles. The minimum absolute atomic E-state index is 0.0253. The number of nitrogens with zero attached hydrogens (tertiary/aromatic N) is 1. The van der Waals surface area contributed by atoms with Crippen LogP contribution in [0.5, 0.6) is 0 Å². The first-order chi connectivity index (χ1) is 13.4. The van der Waals surface area contributed by atoms with Crippen LogP contribution in [0.2, 0.25) is 10.0 Å². The summed E-state index contributed by atoms with van der Waals surface area (Å²) in [5.41, 5.74) is 0.715. The quantitative estimate of drug-likeness (QED) is 0.654. The highest BCUT2D eigenvalue weighted by Gasteiger charge is 2.26. The first-order valence-corrected chi connectivity index (χ1v) is 11.4. The highest BCUT2D eigenvalue weighted by Crippen LogP contribution is 2.26. The predicted octanol–water partition coefficient (Wildman–Crippen LogP) is 4.73. The molecule has 2 aromatic carbocycles. The number of benzene rings is 2. The van der Waals surface area contributed by atoms with Crippen LogP contribution in [0, 0.1) is 0 Å². The molecule has 0 aliphatic carbocycles. The van der Waals surface area contributed by atoms with Crippen molar-refractivity contribution in [2.24, 2.45) is 0 Å². The zero-order chi connectivity index (χ0) is 22.0. The van der Waals surface area contributed by atoms with Crippen molar-refractivity contribution in [1.29, 1.82) is 0 Å². The molecule has 0 fully saturated rings. The predicted molar refractivity (Wildman–Crippen MR) is 118 cm³/mol. The molecule has 8 heteroatoms. The molecule has 0 heterocycles. The van der Waals surface area contributed by atoms with E-state index < -0.39 is 15.9 Å². The van der Waals surface area contributed by atoms with Gasteiger partial charge < -0.3 is 5.32 Å². The number of sulfonamides is 1. The van der Waals surface area contributed by atoms with Crippen LogP contribution in [0.1, 0.15) is 43.6 Å². The standard InChI is InChI=1S/C21H26Cl2N2O3S/c1-14(2)25(5)29(27,28)17-9-10-19(23)18(12-17)20(26)24-13-21(3,4)15-7-6-8-16(22)11-15/h6-12,14H,13H2,1-5H3,(H,24,26). The normalized spacial score (nSPS) is 12.4. The van der Waals surface area contributed by atoms with Gasteiger partial charge >= 0.3 is 0 Å². The third-order valence-corrected chi connectivity index (χ3v) is 7.48. The Kier molecular flexibility index (Phi) is 7.38. The molecule has 5 nitrogen and oxygen atoms in total. The molecule has 0 atom stereocenters. The Morgan fingerprint density at radius 2 is 1.79 bits per heavy atom. The van der Waals surface area contributed by atoms with E-state index in [0.717, 1.165) is 5.56 Å². The Bertz CT molecular complexity index is 1000. The van der Waals surface area contributed by atoms with Gasteiger partial charge in [0.25, 0.3) is 5.91 Å². The molecule has 0 radical (unpaired) electrons. The van der Waals surface area contributed by atoms with Crippen LogP contribution in [-0.2, 0) is 15.4 Å². The van der Waals surface area contributed by atoms with Crippen LogP contribution < -0.4 is 5.32 Å². The molecule has 2 rings (SSSR count). The van der Waals surface area contributed by atoms with Crippen molar-refractivity contribution in [2.45, 2.75) is 44.0 Å². The van der Waals surface area contributed by atoms with E-state index in [2.05, 4.69) is 5.32 Å². The Balaban J connectivity index is 2.25. The fourth-order valence-corrected chi connectivity index (χ4v) is 4.48. The number of carbonyl (C=O) groups is 1. The van der Waals surface area contributed by atoms with Crippen molar-refractivity contribution < 1.29 is 13.2 Å². The van der Waals surface area contributed by atoms with E-state index >= 15 is 0 Å². The van der Waals surface area contributed by atoms with Crippen LogP contribution in [0.25, 0.3) is 0 Å². The molecule has 29 heavy (non-hydrogen) atoms. The van der Waals surface area contributed by atoms with Gasteiger partial charge in [-0.15, -0.1) is 0 Å². The summed E-state index contributed by atoms with van der Waals surface area (Å²) < 4.78 is 26.7. The average Bonchev–Trinajstić information content (AvgIpc) is 2.65. The molecule has 0 bridgehead atoms. The Hall–Kier alpha value is -1.60. The largest absolute Gasteiger partial charge is 0.351 e. The van der Waals surface area contributed by atoms with Crippen molar-refractivity contribution in [3.63, 3.8) is 0 Å². The van der Waals surface area contributed by atoms with Crippen LogP contribution in [0.15, 0.2) is 47.4 Å². The third kappa shape index (κ3) is 5.51. The van der Waals surface area contributed by atoms with E-state index in [4.69, 9.17) is 23.2 Å². The highest BCUT2D eigenvalue weighted by molar-refractivity contribution is 7.89. The molecule has 1 amide bonds. The van der Waals surface area contributed by atoms with Gasteiger partial charge in [-0.05, 0) is 49.7 Å². The summed E-state index contributed by atoms with van der Waals surface area (Å²) in [7, 11) is -2.22. The smallest absolute Gasteiger partial charge is 0.252 e. The lowest BCUT2D eigenvalue weighted by atomic mass is 9.84. The lowest BCUT2D eigenvalue weighted by Gasteiger charge is -2.26. The van der Waals surface area contributed by atoms with Gasteiger partial charge in [0.2, 0.25) is 10.0 Å². The Morgan fingerprint density at radius 3 is 2.38 bits per heavy atom. The van der Waals surface area contributed by atoms with Crippen LogP contribution in [-0.4, -0.2) is 38.3 Å². The molecule has 0 saturated carbocycles. The molecule has 0 aliphatic heterocycles. The first kappa shape index (κ1) is 23.7. The third-order valence-electron chi connectivity index (χ3n) is 4.88. The highest BCUT2D eigenvalue weighted by atomic mass is 35.5. The molecular formula is C21H26Cl2N2O3S. The van der Waals surface area contributed by atoms with E-state index in [0.29, 0.717) is 11.6 Å². The van der Waals surface area contributed by atoms with Gasteiger partial charge in [0.05, 0.1) is 15.5 Å². The summed E-state index contributed by atoms with van der Waals surface area (Å²) in [5.74, 6) is -0.436. The van der Waals surface area contributed by atoms with Gasteiger partial charge in [-0.3, -0.25) is 4.79 Å². The van der Waals surface area contributed by atoms with Gasteiger partial charge in [-0.1, -0.05) is 49.2 Å². The zero-order valence-electron chi connectivity index (χ0n) is 17.2. The van der Waals surface area contributed by atoms with Crippen LogP contribution >= 0.6 is 23.2 Å². The van der Waals surface area contributed by atoms with Gasteiger partial charge in [0.15, 0.2) is 0 Å². The average molecular weight is 457 g/mol. The van der Waals surface area contributed by atoms with Crippen molar-refractivity contribution in [3.8, 4) is 0 Å². The first-order valence-electron chi connectivity index (χ1n) is 9.18. The van der Waals surface area contributed by atoms with E-state index in [9.17, 15) is 13.2 Å². The molecular weight excluding hydrogens is 431 g/mol. The topological polar surface area (TPSA) is 66.5 Å². The summed E-state index contributed by atoms with van der Waals surface area (Å²) in [4.78, 5) is 12.8. The minimum atomic E-state index is -3.72. The number of amides is 1. The SMILES string of the molecule is CC(C)N(C)S(=O)(=O)c1ccc(Cl)c(C(=O)NCC(C)(C)c2cccc(Cl)c2)c1. The maximum absolute atomic E-state index is 12.8. The van der Waals surface area contributed by atoms with Gasteiger partial charge in [0.1, 0.15) is 0 Å². The summed E-state index contributed by atoms with van der Waals surface area (Å²) >= 11 is 12.3. The van der Waals surface area contributed by atoms with Crippen molar-refractivity contribution >= 4 is 39.1 Å². The van der Waals surface area contributed by atoms with Crippen molar-refractivity contribution in [2.75, 3.05) is 13.6 Å². The summed E-state index contributed by atoms with van der Waals surface area (Å²) in [6, 6.07) is 11.4. The fraction of sp³-hybridized carbons (Fsp3) is 0.381. The Labute approximate surface area is 183 Å². The summed E-state index contributed by atoms with van der Waals surface area (Å²) in [5, 5.41) is 3.67. The van der Waals surface area contributed by atoms with Crippen LogP contribution in [0.4, 0.5) is 0 Å². The summed E-state index contributed by atoms with van der Waals surface area (Å²) in [6.07, 6.45) is 0. The van der Waals surface area contributed by atoms with Gasteiger partial charge in [-0.25, -0.2) is 8.42 Å². The molecule has 158 valence electrons. The second-order valence-electron chi connectivity index (χ2n) is 7.83. The van der Waals surface area contributed by atoms with Gasteiger partial charge in [0, 0.05) is 30.1 Å². The molecule has 0 spiro atoms. The van der Waals surface area contributed by atoms with Crippen molar-refractivity contribution in [3.05, 3.63) is 63.6 Å². The second kappa shape index (κ2) is 9.04. The van der Waals surface area contributed by atoms with Gasteiger partial charge in [-0.2, -0.15) is 4.31 Å². The Morgan fingerprint density at radius 1 is 1.14 bits per heavy atom. The number of carbonyl (C=O) groups excluding carboxylic acids is 1. The second-order valence-corrected chi connectivity index (χ2v) is 10.7. The fourth-order valence-electron chi connectivity index (χ4n) is 2.69. The number of halogens is 2. The van der Waals surface area contributed by atoms with E-state index in [-0.39, 0.29) is 26.9 Å². The number of nitrogens with one attached hydrogen (secondary N) is 1. The van der Waals surface area contributed by atoms with E-state index in [1.54, 1.807) is 19.9 Å². The van der Waals surface area contributed by atoms with E-state index in [1.807, 2.05) is 32.0 Å². The molecule has 1 N–H and O–H groups in total. The lowest BCUT2D eigenvalue weighted by Crippen LogP contribution is -2.37. The lowest BCUT2D eigenvalue weighted by molar-refractivity contribution is 0.0945. The summed E-state index contributed by atoms with van der Waals surface area (Å²) in [6.45, 7) is 7.85. The molecule has 0 aromatic heterocycles. The molecule has 0 aliphatic rings. The van der Waals surface area contributed by atoms with Crippen molar-refractivity contribution in [1.82, 2.24) is 9.62 Å². The van der Waals surface area contributed by atoms with Crippen LogP contribution in [0.3, 0.4) is 0 Å². The monoisotopic (exact) mass is 456 g/mol. The number of hydrogen-bond donors (Lipinski definition) is 1. The number of hydrogen-bond acceptors (Lipinski definition) is 3. The van der Waals surface area contributed by atoms with E-state index in [1.165, 1.54) is 29.6 Å². The maximum Gasteiger partial charge on any atom is 0.252 e. The molecule has 2 aromatic rings. The molecule has 0 unspecified atom stereocenters. The minimum Gasteiger partial charge on any atom is -0.351 e. The number of rotatable bonds is 7.